The number of rotatable bonds is 7. The van der Waals surface area contributed by atoms with Crippen LogP contribution in [0.15, 0.2) is 103 Å². The molecule has 4 aromatic carbocycles. The van der Waals surface area contributed by atoms with Gasteiger partial charge in [-0.1, -0.05) is 60.7 Å². The average Bonchev–Trinajstić information content (AvgIpc) is 2.92. The van der Waals surface area contributed by atoms with Gasteiger partial charge in [0.1, 0.15) is 11.5 Å². The van der Waals surface area contributed by atoms with Crippen LogP contribution >= 0.6 is 0 Å². The molecule has 1 aromatic heterocycles. The Kier molecular flexibility index (Phi) is 6.72. The average molecular weight is 491 g/mol. The first kappa shape index (κ1) is 23.9. The molecule has 0 aliphatic carbocycles. The molecule has 0 radical (unpaired) electrons. The van der Waals surface area contributed by atoms with Gasteiger partial charge < -0.3 is 10.4 Å². The molecule has 0 saturated carbocycles. The summed E-state index contributed by atoms with van der Waals surface area (Å²) in [7, 11) is 0. The molecule has 0 unspecified atom stereocenters. The van der Waals surface area contributed by atoms with E-state index in [0.29, 0.717) is 29.8 Å². The maximum atomic E-state index is 13.3. The van der Waals surface area contributed by atoms with E-state index in [0.717, 1.165) is 27.6 Å². The highest BCUT2D eigenvalue weighted by Crippen LogP contribution is 2.25. The van der Waals surface area contributed by atoms with E-state index in [2.05, 4.69) is 10.3 Å². The number of anilines is 1. The highest BCUT2D eigenvalue weighted by molar-refractivity contribution is 6.04. The lowest BCUT2D eigenvalue weighted by Crippen LogP contribution is -2.13. The monoisotopic (exact) mass is 490 g/mol. The van der Waals surface area contributed by atoms with Gasteiger partial charge in [-0.3, -0.25) is 4.79 Å². The normalized spacial score (nSPS) is 10.8. The molecule has 0 saturated heterocycles. The number of hydrogen-bond acceptors (Lipinski definition) is 3. The molecule has 2 N–H and O–H groups in total. The zero-order valence-electron chi connectivity index (χ0n) is 19.8. The van der Waals surface area contributed by atoms with Crippen molar-refractivity contribution in [3.05, 3.63) is 131 Å². The summed E-state index contributed by atoms with van der Waals surface area (Å²) in [6.45, 7) is 0. The second-order valence-electron chi connectivity index (χ2n) is 8.72. The number of carbonyl (C=O) groups excluding carboxylic acids is 1. The molecule has 1 heterocycles. The summed E-state index contributed by atoms with van der Waals surface area (Å²) in [5.74, 6) is -1.59. The fourth-order valence-corrected chi connectivity index (χ4v) is 4.25. The Morgan fingerprint density at radius 2 is 1.51 bits per heavy atom. The van der Waals surface area contributed by atoms with Gasteiger partial charge in [0.25, 0.3) is 5.91 Å². The highest BCUT2D eigenvalue weighted by Gasteiger charge is 2.13. The molecule has 0 atom stereocenters. The molecular weight excluding hydrogens is 467 g/mol. The van der Waals surface area contributed by atoms with E-state index in [1.54, 1.807) is 30.3 Å². The van der Waals surface area contributed by atoms with Crippen molar-refractivity contribution in [3.8, 4) is 11.1 Å². The number of fused-ring (bicyclic) bond motifs is 1. The van der Waals surface area contributed by atoms with E-state index >= 15 is 0 Å². The largest absolute Gasteiger partial charge is 0.478 e. The minimum atomic E-state index is -0.985. The fourth-order valence-electron chi connectivity index (χ4n) is 4.25. The second-order valence-corrected chi connectivity index (χ2v) is 8.72. The number of carboxylic acids is 1. The summed E-state index contributed by atoms with van der Waals surface area (Å²) >= 11 is 0. The molecule has 0 aliphatic heterocycles. The van der Waals surface area contributed by atoms with Crippen molar-refractivity contribution >= 4 is 28.5 Å². The summed E-state index contributed by atoms with van der Waals surface area (Å²) in [5, 5.41) is 13.5. The summed E-state index contributed by atoms with van der Waals surface area (Å²) in [6.07, 6.45) is 1.14. The van der Waals surface area contributed by atoms with Gasteiger partial charge in [-0.05, 0) is 77.6 Å². The molecule has 1 amide bonds. The van der Waals surface area contributed by atoms with Gasteiger partial charge in [0, 0.05) is 11.1 Å². The van der Waals surface area contributed by atoms with Crippen molar-refractivity contribution in [2.75, 3.05) is 5.32 Å². The van der Waals surface area contributed by atoms with Crippen LogP contribution in [0.3, 0.4) is 0 Å². The van der Waals surface area contributed by atoms with E-state index in [1.165, 1.54) is 12.1 Å². The third-order valence-corrected chi connectivity index (χ3v) is 6.24. The molecule has 0 bridgehead atoms. The van der Waals surface area contributed by atoms with E-state index in [9.17, 15) is 19.1 Å². The van der Waals surface area contributed by atoms with Crippen molar-refractivity contribution in [1.82, 2.24) is 4.98 Å². The summed E-state index contributed by atoms with van der Waals surface area (Å²) in [6, 6.07) is 30.0. The number of aromatic nitrogens is 1. The summed E-state index contributed by atoms with van der Waals surface area (Å²) < 4.78 is 13.3. The van der Waals surface area contributed by atoms with E-state index in [1.807, 2.05) is 60.7 Å². The molecule has 37 heavy (non-hydrogen) atoms. The zero-order valence-corrected chi connectivity index (χ0v) is 19.8. The molecular formula is C31H23FN2O3. The lowest BCUT2D eigenvalue weighted by Gasteiger charge is -2.11. The number of aryl methyl sites for hydroxylation is 2. The van der Waals surface area contributed by atoms with Crippen LogP contribution < -0.4 is 5.32 Å². The molecule has 5 aromatic rings. The van der Waals surface area contributed by atoms with Crippen molar-refractivity contribution in [3.63, 3.8) is 0 Å². The van der Waals surface area contributed by atoms with Gasteiger partial charge in [-0.25, -0.2) is 14.2 Å². The molecule has 0 spiro atoms. The number of aromatic carboxylic acids is 1. The van der Waals surface area contributed by atoms with Gasteiger partial charge in [0.05, 0.1) is 11.1 Å². The predicted molar refractivity (Wildman–Crippen MR) is 142 cm³/mol. The molecule has 182 valence electrons. The number of nitrogens with one attached hydrogen (secondary N) is 1. The van der Waals surface area contributed by atoms with Gasteiger partial charge in [-0.15, -0.1) is 0 Å². The minimum absolute atomic E-state index is 0.248. The quantitative estimate of drug-likeness (QED) is 0.264. The number of pyridine rings is 1. The first-order valence-electron chi connectivity index (χ1n) is 11.8. The SMILES string of the molecule is O=C(Nc1ccc(CCc2cc(-c3ccc(F)cc3)ccc2C(=O)O)cc1)c1ccc2ccccc2n1. The Balaban J connectivity index is 1.27. The van der Waals surface area contributed by atoms with Crippen LogP contribution in [0.1, 0.15) is 32.0 Å². The number of hydrogen-bond donors (Lipinski definition) is 2. The Bertz CT molecular complexity index is 1600. The second kappa shape index (κ2) is 10.4. The van der Waals surface area contributed by atoms with Crippen LogP contribution in [0.5, 0.6) is 0 Å². The fraction of sp³-hybridized carbons (Fsp3) is 0.0645. The Morgan fingerprint density at radius 1 is 0.784 bits per heavy atom. The lowest BCUT2D eigenvalue weighted by atomic mass is 9.95. The minimum Gasteiger partial charge on any atom is -0.478 e. The predicted octanol–water partition coefficient (Wildman–Crippen LogP) is 6.78. The van der Waals surface area contributed by atoms with E-state index in [-0.39, 0.29) is 17.3 Å². The van der Waals surface area contributed by atoms with Crippen molar-refractivity contribution in [2.24, 2.45) is 0 Å². The number of carboxylic acid groups (broad SMARTS) is 1. The van der Waals surface area contributed by atoms with E-state index in [4.69, 9.17) is 0 Å². The molecule has 0 fully saturated rings. The van der Waals surface area contributed by atoms with Crippen LogP contribution in [0.4, 0.5) is 10.1 Å². The Morgan fingerprint density at radius 3 is 2.27 bits per heavy atom. The zero-order chi connectivity index (χ0) is 25.8. The molecule has 5 nitrogen and oxygen atoms in total. The van der Waals surface area contributed by atoms with Crippen LogP contribution in [0.2, 0.25) is 0 Å². The Hall–Kier alpha value is -4.84. The molecule has 6 heteroatoms. The van der Waals surface area contributed by atoms with Gasteiger partial charge in [-0.2, -0.15) is 0 Å². The summed E-state index contributed by atoms with van der Waals surface area (Å²) in [5.41, 5.74) is 5.35. The summed E-state index contributed by atoms with van der Waals surface area (Å²) in [4.78, 5) is 28.9. The topological polar surface area (TPSA) is 79.3 Å². The Labute approximate surface area is 213 Å². The van der Waals surface area contributed by atoms with Gasteiger partial charge >= 0.3 is 5.97 Å². The maximum Gasteiger partial charge on any atom is 0.335 e. The van der Waals surface area contributed by atoms with Crippen LogP contribution in [-0.2, 0) is 12.8 Å². The van der Waals surface area contributed by atoms with Crippen LogP contribution in [0, 0.1) is 5.82 Å². The number of carbonyl (C=O) groups is 2. The number of amides is 1. The molecule has 5 rings (SSSR count). The maximum absolute atomic E-state index is 13.3. The number of benzene rings is 4. The lowest BCUT2D eigenvalue weighted by molar-refractivity contribution is 0.0695. The highest BCUT2D eigenvalue weighted by atomic mass is 19.1. The smallest absolute Gasteiger partial charge is 0.335 e. The standard InChI is InChI=1S/C31H23FN2O3/c32-25-13-9-21(10-14-25)23-11-17-27(31(36)37)24(19-23)8-5-20-6-15-26(16-7-20)33-30(35)29-18-12-22-3-1-2-4-28(22)34-29/h1-4,6-7,9-19H,5,8H2,(H,33,35)(H,36,37). The van der Waals surface area contributed by atoms with Gasteiger partial charge in [0.2, 0.25) is 0 Å². The number of nitrogens with zero attached hydrogens (tertiary/aromatic N) is 1. The van der Waals surface area contributed by atoms with Crippen LogP contribution in [-0.4, -0.2) is 22.0 Å². The third kappa shape index (κ3) is 5.54. The first-order valence-corrected chi connectivity index (χ1v) is 11.8. The first-order chi connectivity index (χ1) is 18.0. The number of halogens is 1. The van der Waals surface area contributed by atoms with Crippen LogP contribution in [0.25, 0.3) is 22.0 Å². The van der Waals surface area contributed by atoms with Crippen molar-refractivity contribution < 1.29 is 19.1 Å². The number of para-hydroxylation sites is 1. The molecule has 0 aliphatic rings. The van der Waals surface area contributed by atoms with Gasteiger partial charge in [0.15, 0.2) is 0 Å². The van der Waals surface area contributed by atoms with Crippen molar-refractivity contribution in [2.45, 2.75) is 12.8 Å². The third-order valence-electron chi connectivity index (χ3n) is 6.24. The van der Waals surface area contributed by atoms with E-state index < -0.39 is 5.97 Å². The van der Waals surface area contributed by atoms with Crippen molar-refractivity contribution in [1.29, 1.82) is 0 Å².